The minimum atomic E-state index is -0.601. The first kappa shape index (κ1) is 13.8. The highest BCUT2D eigenvalue weighted by Crippen LogP contribution is 2.23. The molecule has 0 aliphatic rings. The fraction of sp³-hybridized carbons (Fsp3) is 0.417. The molecule has 1 unspecified atom stereocenters. The topological polar surface area (TPSA) is 56.5 Å². The lowest BCUT2D eigenvalue weighted by molar-refractivity contribution is 0.0695. The second-order valence-corrected chi connectivity index (χ2v) is 4.20. The summed E-state index contributed by atoms with van der Waals surface area (Å²) in [6, 6.07) is 7.14. The minimum absolute atomic E-state index is 0.257. The molecule has 1 N–H and O–H groups in total. The number of methoxy groups -OCH3 is 1. The molecule has 1 aromatic rings. The molecule has 0 heterocycles. The third-order valence-electron chi connectivity index (χ3n) is 2.34. The van der Waals surface area contributed by atoms with E-state index in [1.807, 2.05) is 0 Å². The van der Waals surface area contributed by atoms with Crippen LogP contribution in [0.25, 0.3) is 0 Å². The average molecular weight is 255 g/mol. The molecule has 0 aliphatic heterocycles. The molecule has 0 amide bonds. The number of hydrogen-bond acceptors (Lipinski definition) is 4. The minimum Gasteiger partial charge on any atom is -0.389 e. The molecule has 0 aliphatic carbocycles. The van der Waals surface area contributed by atoms with Crippen molar-refractivity contribution in [2.24, 2.45) is 0 Å². The number of aliphatic hydroxyl groups excluding tert-OH is 1. The van der Waals surface area contributed by atoms with Crippen molar-refractivity contribution >= 4 is 17.3 Å². The van der Waals surface area contributed by atoms with Gasteiger partial charge in [-0.05, 0) is 18.2 Å². The number of nitriles is 1. The lowest BCUT2D eigenvalue weighted by atomic mass is 10.1. The lowest BCUT2D eigenvalue weighted by Gasteiger charge is -2.23. The molecule has 0 aromatic heterocycles. The maximum absolute atomic E-state index is 9.63. The summed E-state index contributed by atoms with van der Waals surface area (Å²) >= 11 is 5.89. The Labute approximate surface area is 106 Å². The predicted molar refractivity (Wildman–Crippen MR) is 67.3 cm³/mol. The van der Waals surface area contributed by atoms with Gasteiger partial charge >= 0.3 is 0 Å². The SMILES string of the molecule is COCC(O)CN(C)c1cc(Cl)ccc1C#N. The first-order chi connectivity index (χ1) is 8.08. The Hall–Kier alpha value is -1.28. The van der Waals surface area contributed by atoms with Crippen molar-refractivity contribution in [2.75, 3.05) is 32.2 Å². The summed E-state index contributed by atoms with van der Waals surface area (Å²) in [4.78, 5) is 1.79. The third-order valence-corrected chi connectivity index (χ3v) is 2.57. The molecule has 92 valence electrons. The van der Waals surface area contributed by atoms with Crippen LogP contribution >= 0.6 is 11.6 Å². The van der Waals surface area contributed by atoms with Gasteiger partial charge in [0.1, 0.15) is 6.07 Å². The number of rotatable bonds is 5. The van der Waals surface area contributed by atoms with Crippen LogP contribution in [0.2, 0.25) is 5.02 Å². The zero-order chi connectivity index (χ0) is 12.8. The van der Waals surface area contributed by atoms with E-state index in [-0.39, 0.29) is 6.61 Å². The van der Waals surface area contributed by atoms with Gasteiger partial charge in [0, 0.05) is 25.7 Å². The second kappa shape index (κ2) is 6.45. The molecule has 0 spiro atoms. The van der Waals surface area contributed by atoms with E-state index in [1.54, 1.807) is 30.1 Å². The quantitative estimate of drug-likeness (QED) is 0.868. The van der Waals surface area contributed by atoms with Gasteiger partial charge in [-0.1, -0.05) is 11.6 Å². The van der Waals surface area contributed by atoms with E-state index < -0.39 is 6.10 Å². The molecule has 5 heteroatoms. The van der Waals surface area contributed by atoms with Crippen molar-refractivity contribution in [1.29, 1.82) is 5.26 Å². The van der Waals surface area contributed by atoms with Gasteiger partial charge in [0.15, 0.2) is 0 Å². The summed E-state index contributed by atoms with van der Waals surface area (Å²) in [5, 5.41) is 19.2. The van der Waals surface area contributed by atoms with E-state index in [2.05, 4.69) is 6.07 Å². The highest BCUT2D eigenvalue weighted by atomic mass is 35.5. The fourth-order valence-electron chi connectivity index (χ4n) is 1.57. The van der Waals surface area contributed by atoms with Crippen LogP contribution < -0.4 is 4.90 Å². The first-order valence-electron chi connectivity index (χ1n) is 5.16. The fourth-order valence-corrected chi connectivity index (χ4v) is 1.74. The lowest BCUT2D eigenvalue weighted by Crippen LogP contribution is -2.32. The summed E-state index contributed by atoms with van der Waals surface area (Å²) < 4.78 is 4.85. The summed E-state index contributed by atoms with van der Waals surface area (Å²) in [5.41, 5.74) is 1.23. The maximum atomic E-state index is 9.63. The Morgan fingerprint density at radius 1 is 1.59 bits per heavy atom. The van der Waals surface area contributed by atoms with Gasteiger partial charge < -0.3 is 14.7 Å². The van der Waals surface area contributed by atoms with Crippen LogP contribution in [-0.4, -0.2) is 38.5 Å². The monoisotopic (exact) mass is 254 g/mol. The molecule has 0 fully saturated rings. The molecule has 1 aromatic carbocycles. The van der Waals surface area contributed by atoms with E-state index in [9.17, 15) is 5.11 Å². The summed E-state index contributed by atoms with van der Waals surface area (Å²) in [5.74, 6) is 0. The van der Waals surface area contributed by atoms with Crippen molar-refractivity contribution in [2.45, 2.75) is 6.10 Å². The number of ether oxygens (including phenoxy) is 1. The van der Waals surface area contributed by atoms with Crippen molar-refractivity contribution in [3.63, 3.8) is 0 Å². The molecule has 0 saturated heterocycles. The third kappa shape index (κ3) is 3.90. The zero-order valence-corrected chi connectivity index (χ0v) is 10.6. The van der Waals surface area contributed by atoms with Gasteiger partial charge in [-0.25, -0.2) is 0 Å². The highest BCUT2D eigenvalue weighted by Gasteiger charge is 2.12. The van der Waals surface area contributed by atoms with Gasteiger partial charge in [0.25, 0.3) is 0 Å². The smallest absolute Gasteiger partial charge is 0.101 e. The normalized spacial score (nSPS) is 11.9. The average Bonchev–Trinajstić information content (AvgIpc) is 2.29. The van der Waals surface area contributed by atoms with Crippen LogP contribution in [0.3, 0.4) is 0 Å². The number of benzene rings is 1. The van der Waals surface area contributed by atoms with Crippen LogP contribution in [-0.2, 0) is 4.74 Å². The predicted octanol–water partition coefficient (Wildman–Crippen LogP) is 1.66. The number of hydrogen-bond donors (Lipinski definition) is 1. The highest BCUT2D eigenvalue weighted by molar-refractivity contribution is 6.30. The Morgan fingerprint density at radius 3 is 2.88 bits per heavy atom. The number of aliphatic hydroxyl groups is 1. The molecule has 1 atom stereocenters. The molecule has 0 bridgehead atoms. The van der Waals surface area contributed by atoms with Gasteiger partial charge in [-0.2, -0.15) is 5.26 Å². The summed E-state index contributed by atoms with van der Waals surface area (Å²) in [6.45, 7) is 0.635. The molecular formula is C12H15ClN2O2. The summed E-state index contributed by atoms with van der Waals surface area (Å²) in [7, 11) is 3.33. The Bertz CT molecular complexity index is 417. The number of halogens is 1. The van der Waals surface area contributed by atoms with Crippen molar-refractivity contribution in [3.8, 4) is 6.07 Å². The first-order valence-corrected chi connectivity index (χ1v) is 5.54. The van der Waals surface area contributed by atoms with Gasteiger partial charge in [-0.15, -0.1) is 0 Å². The number of nitrogens with zero attached hydrogens (tertiary/aromatic N) is 2. The molecule has 0 saturated carbocycles. The van der Waals surface area contributed by atoms with E-state index in [1.165, 1.54) is 7.11 Å². The second-order valence-electron chi connectivity index (χ2n) is 3.76. The number of anilines is 1. The largest absolute Gasteiger partial charge is 0.389 e. The molecule has 1 rings (SSSR count). The van der Waals surface area contributed by atoms with Gasteiger partial charge in [0.2, 0.25) is 0 Å². The van der Waals surface area contributed by atoms with Crippen LogP contribution in [0.15, 0.2) is 18.2 Å². The van der Waals surface area contributed by atoms with Gasteiger partial charge in [-0.3, -0.25) is 0 Å². The Balaban J connectivity index is 2.84. The molecule has 0 radical (unpaired) electrons. The van der Waals surface area contributed by atoms with Crippen LogP contribution in [0.5, 0.6) is 0 Å². The van der Waals surface area contributed by atoms with E-state index in [0.717, 1.165) is 0 Å². The standard InChI is InChI=1S/C12H15ClN2O2/c1-15(7-11(16)8-17-2)12-5-10(13)4-3-9(12)6-14/h3-5,11,16H,7-8H2,1-2H3. The zero-order valence-electron chi connectivity index (χ0n) is 9.85. The van der Waals surface area contributed by atoms with Crippen molar-refractivity contribution in [3.05, 3.63) is 28.8 Å². The van der Waals surface area contributed by atoms with Crippen molar-refractivity contribution < 1.29 is 9.84 Å². The van der Waals surface area contributed by atoms with Gasteiger partial charge in [0.05, 0.1) is 24.0 Å². The molecule has 4 nitrogen and oxygen atoms in total. The Kier molecular flexibility index (Phi) is 5.23. The van der Waals surface area contributed by atoms with E-state index in [4.69, 9.17) is 21.6 Å². The van der Waals surface area contributed by atoms with E-state index in [0.29, 0.717) is 22.8 Å². The van der Waals surface area contributed by atoms with Crippen LogP contribution in [0.4, 0.5) is 5.69 Å². The molecule has 17 heavy (non-hydrogen) atoms. The van der Waals surface area contributed by atoms with Crippen LogP contribution in [0, 0.1) is 11.3 Å². The van der Waals surface area contributed by atoms with Crippen molar-refractivity contribution in [1.82, 2.24) is 0 Å². The van der Waals surface area contributed by atoms with Crippen LogP contribution in [0.1, 0.15) is 5.56 Å². The molecular weight excluding hydrogens is 240 g/mol. The van der Waals surface area contributed by atoms with E-state index >= 15 is 0 Å². The summed E-state index contributed by atoms with van der Waals surface area (Å²) in [6.07, 6.45) is -0.601. The Morgan fingerprint density at radius 2 is 2.29 bits per heavy atom. The maximum Gasteiger partial charge on any atom is 0.101 e. The number of likely N-dealkylation sites (N-methyl/N-ethyl adjacent to an activating group) is 1.